The van der Waals surface area contributed by atoms with E-state index >= 15 is 0 Å². The van der Waals surface area contributed by atoms with Crippen LogP contribution in [0.3, 0.4) is 0 Å². The van der Waals surface area contributed by atoms with E-state index in [9.17, 15) is 14.9 Å². The van der Waals surface area contributed by atoms with Gasteiger partial charge in [-0.05, 0) is 24.0 Å². The number of hydrogen-bond donors (Lipinski definition) is 1. The van der Waals surface area contributed by atoms with Crippen LogP contribution in [0.5, 0.6) is 0 Å². The molecular weight excluding hydrogens is 296 g/mol. The number of hydrogen-bond acceptors (Lipinski definition) is 4. The number of nitrogens with zero attached hydrogens (tertiary/aromatic N) is 1. The lowest BCUT2D eigenvalue weighted by atomic mass is 9.74. The summed E-state index contributed by atoms with van der Waals surface area (Å²) in [5, 5.41) is 13.8. The van der Waals surface area contributed by atoms with E-state index in [1.54, 1.807) is 12.3 Å². The molecular formula is C17H18N2O4. The number of amides is 1. The van der Waals surface area contributed by atoms with Gasteiger partial charge in [-0.25, -0.2) is 0 Å². The molecule has 1 atom stereocenters. The smallest absolute Gasteiger partial charge is 0.270 e. The Labute approximate surface area is 133 Å². The Morgan fingerprint density at radius 1 is 1.39 bits per heavy atom. The maximum atomic E-state index is 12.5. The van der Waals surface area contributed by atoms with Gasteiger partial charge in [0.1, 0.15) is 5.76 Å². The molecule has 0 radical (unpaired) electrons. The molecule has 0 saturated heterocycles. The van der Waals surface area contributed by atoms with Crippen LogP contribution in [0.2, 0.25) is 0 Å². The van der Waals surface area contributed by atoms with Gasteiger partial charge in [-0.15, -0.1) is 0 Å². The van der Waals surface area contributed by atoms with Crippen molar-refractivity contribution in [3.63, 3.8) is 0 Å². The van der Waals surface area contributed by atoms with Crippen LogP contribution in [0.15, 0.2) is 41.0 Å². The van der Waals surface area contributed by atoms with Crippen LogP contribution in [-0.4, -0.2) is 10.8 Å². The number of nitrogens with one attached hydrogen (secondary N) is 1. The molecule has 1 amide bonds. The lowest BCUT2D eigenvalue weighted by Gasteiger charge is -2.34. The van der Waals surface area contributed by atoms with E-state index in [2.05, 4.69) is 19.2 Å². The normalized spacial score (nSPS) is 19.0. The summed E-state index contributed by atoms with van der Waals surface area (Å²) in [5.41, 5.74) is 1.20. The zero-order valence-corrected chi connectivity index (χ0v) is 13.0. The predicted octanol–water partition coefficient (Wildman–Crippen LogP) is 3.63. The first-order chi connectivity index (χ1) is 10.9. The Morgan fingerprint density at radius 3 is 2.91 bits per heavy atom. The van der Waals surface area contributed by atoms with Gasteiger partial charge in [0, 0.05) is 29.7 Å². The van der Waals surface area contributed by atoms with Crippen molar-refractivity contribution in [2.45, 2.75) is 32.7 Å². The summed E-state index contributed by atoms with van der Waals surface area (Å²) in [6.45, 7) is 4.26. The van der Waals surface area contributed by atoms with E-state index in [-0.39, 0.29) is 28.6 Å². The van der Waals surface area contributed by atoms with Crippen molar-refractivity contribution >= 4 is 11.6 Å². The van der Waals surface area contributed by atoms with Gasteiger partial charge in [-0.1, -0.05) is 19.9 Å². The van der Waals surface area contributed by atoms with Gasteiger partial charge in [0.15, 0.2) is 0 Å². The van der Waals surface area contributed by atoms with Gasteiger partial charge in [0.25, 0.3) is 11.6 Å². The highest BCUT2D eigenvalue weighted by Crippen LogP contribution is 2.41. The Bertz CT molecular complexity index is 763. The fourth-order valence-corrected chi connectivity index (χ4v) is 3.11. The Kier molecular flexibility index (Phi) is 3.67. The fraction of sp³-hybridized carbons (Fsp3) is 0.353. The fourth-order valence-electron chi connectivity index (χ4n) is 3.11. The monoisotopic (exact) mass is 314 g/mol. The first-order valence-electron chi connectivity index (χ1n) is 7.47. The van der Waals surface area contributed by atoms with Crippen molar-refractivity contribution in [3.8, 4) is 0 Å². The van der Waals surface area contributed by atoms with Gasteiger partial charge in [0.2, 0.25) is 0 Å². The first-order valence-corrected chi connectivity index (χ1v) is 7.47. The number of furan rings is 1. The van der Waals surface area contributed by atoms with E-state index < -0.39 is 4.92 Å². The minimum atomic E-state index is -0.505. The third-order valence-electron chi connectivity index (χ3n) is 4.18. The Balaban J connectivity index is 1.83. The molecule has 1 aliphatic carbocycles. The molecule has 3 rings (SSSR count). The number of benzene rings is 1. The number of nitro benzene ring substituents is 1. The molecule has 0 spiro atoms. The van der Waals surface area contributed by atoms with Crippen LogP contribution in [0.1, 0.15) is 48.0 Å². The summed E-state index contributed by atoms with van der Waals surface area (Å²) in [6.07, 6.45) is 3.26. The molecule has 6 heteroatoms. The standard InChI is InChI=1S/C17H18N2O4/c1-17(2)9-14(13-6-7-23-15(13)10-17)18-16(20)11-4-3-5-12(8-11)19(21)22/h3-8,14H,9-10H2,1-2H3,(H,18,20). The molecule has 0 aliphatic heterocycles. The second-order valence-corrected chi connectivity index (χ2v) is 6.68. The zero-order chi connectivity index (χ0) is 16.6. The van der Waals surface area contributed by atoms with Gasteiger partial charge in [0.05, 0.1) is 17.2 Å². The van der Waals surface area contributed by atoms with Crippen molar-refractivity contribution in [2.24, 2.45) is 5.41 Å². The molecule has 1 N–H and O–H groups in total. The summed E-state index contributed by atoms with van der Waals surface area (Å²) < 4.78 is 5.52. The molecule has 0 bridgehead atoms. The second kappa shape index (κ2) is 5.53. The second-order valence-electron chi connectivity index (χ2n) is 6.68. The van der Waals surface area contributed by atoms with Crippen LogP contribution in [0.4, 0.5) is 5.69 Å². The van der Waals surface area contributed by atoms with Crippen LogP contribution in [-0.2, 0) is 6.42 Å². The van der Waals surface area contributed by atoms with Crippen LogP contribution < -0.4 is 5.32 Å². The largest absolute Gasteiger partial charge is 0.469 e. The molecule has 1 aromatic carbocycles. The van der Waals surface area contributed by atoms with E-state index in [0.717, 1.165) is 24.2 Å². The van der Waals surface area contributed by atoms with Crippen molar-refractivity contribution in [1.29, 1.82) is 0 Å². The summed E-state index contributed by atoms with van der Waals surface area (Å²) in [6, 6.07) is 7.48. The van der Waals surface area contributed by atoms with E-state index in [1.165, 1.54) is 18.2 Å². The number of non-ortho nitro benzene ring substituents is 1. The quantitative estimate of drug-likeness (QED) is 0.692. The topological polar surface area (TPSA) is 85.4 Å². The van der Waals surface area contributed by atoms with Crippen molar-refractivity contribution in [3.05, 3.63) is 63.6 Å². The number of rotatable bonds is 3. The zero-order valence-electron chi connectivity index (χ0n) is 13.0. The van der Waals surface area contributed by atoms with Gasteiger partial charge in [-0.3, -0.25) is 14.9 Å². The number of carbonyl (C=O) groups is 1. The van der Waals surface area contributed by atoms with Gasteiger partial charge >= 0.3 is 0 Å². The highest BCUT2D eigenvalue weighted by molar-refractivity contribution is 5.95. The molecule has 1 aliphatic rings. The van der Waals surface area contributed by atoms with Gasteiger partial charge < -0.3 is 9.73 Å². The number of carbonyl (C=O) groups excluding carboxylic acids is 1. The number of fused-ring (bicyclic) bond motifs is 1. The van der Waals surface area contributed by atoms with Gasteiger partial charge in [-0.2, -0.15) is 0 Å². The van der Waals surface area contributed by atoms with Crippen LogP contribution in [0.25, 0.3) is 0 Å². The van der Waals surface area contributed by atoms with E-state index in [0.29, 0.717) is 0 Å². The molecule has 2 aromatic rings. The molecule has 23 heavy (non-hydrogen) atoms. The summed E-state index contributed by atoms with van der Waals surface area (Å²) >= 11 is 0. The highest BCUT2D eigenvalue weighted by Gasteiger charge is 2.35. The molecule has 1 unspecified atom stereocenters. The molecule has 1 aromatic heterocycles. The number of nitro groups is 1. The van der Waals surface area contributed by atoms with Crippen LogP contribution >= 0.6 is 0 Å². The van der Waals surface area contributed by atoms with Crippen LogP contribution in [0, 0.1) is 15.5 Å². The average Bonchev–Trinajstić information content (AvgIpc) is 2.94. The summed E-state index contributed by atoms with van der Waals surface area (Å²) in [7, 11) is 0. The minimum Gasteiger partial charge on any atom is -0.469 e. The minimum absolute atomic E-state index is 0.0193. The molecule has 1 heterocycles. The van der Waals surface area contributed by atoms with E-state index in [1.807, 2.05) is 6.07 Å². The summed E-state index contributed by atoms with van der Waals surface area (Å²) in [5.74, 6) is 0.578. The maximum absolute atomic E-state index is 12.5. The molecule has 0 saturated carbocycles. The molecule has 0 fully saturated rings. The maximum Gasteiger partial charge on any atom is 0.270 e. The van der Waals surface area contributed by atoms with Crippen molar-refractivity contribution in [2.75, 3.05) is 0 Å². The first kappa shape index (κ1) is 15.3. The van der Waals surface area contributed by atoms with E-state index in [4.69, 9.17) is 4.42 Å². The highest BCUT2D eigenvalue weighted by atomic mass is 16.6. The van der Waals surface area contributed by atoms with Crippen molar-refractivity contribution < 1.29 is 14.1 Å². The molecule has 120 valence electrons. The lowest BCUT2D eigenvalue weighted by molar-refractivity contribution is -0.384. The Morgan fingerprint density at radius 2 is 2.17 bits per heavy atom. The molecule has 6 nitrogen and oxygen atoms in total. The lowest BCUT2D eigenvalue weighted by Crippen LogP contribution is -2.36. The third kappa shape index (κ3) is 3.11. The average molecular weight is 314 g/mol. The third-order valence-corrected chi connectivity index (χ3v) is 4.18. The summed E-state index contributed by atoms with van der Waals surface area (Å²) in [4.78, 5) is 22.8. The SMILES string of the molecule is CC1(C)Cc2occc2C(NC(=O)c2cccc([N+](=O)[O-])c2)C1. The Hall–Kier alpha value is -2.63. The van der Waals surface area contributed by atoms with Crippen molar-refractivity contribution in [1.82, 2.24) is 5.32 Å². The predicted molar refractivity (Wildman–Crippen MR) is 84.1 cm³/mol.